The van der Waals surface area contributed by atoms with Gasteiger partial charge in [0.25, 0.3) is 0 Å². The van der Waals surface area contributed by atoms with E-state index in [9.17, 15) is 17.6 Å². The topological polar surface area (TPSA) is 43.8 Å². The lowest BCUT2D eigenvalue weighted by atomic mass is 10.2. The van der Waals surface area contributed by atoms with Gasteiger partial charge in [0.1, 0.15) is 5.52 Å². The molecule has 3 nitrogen and oxygen atoms in total. The van der Waals surface area contributed by atoms with E-state index in [1.807, 2.05) is 0 Å². The predicted molar refractivity (Wildman–Crippen MR) is 65.3 cm³/mol. The van der Waals surface area contributed by atoms with Crippen LogP contribution >= 0.6 is 0 Å². The summed E-state index contributed by atoms with van der Waals surface area (Å²) >= 11 is 0. The number of anilines is 1. The lowest BCUT2D eigenvalue weighted by Gasteiger charge is -2.07. The summed E-state index contributed by atoms with van der Waals surface area (Å²) in [5, 5.41) is 0. The van der Waals surface area contributed by atoms with Gasteiger partial charge in [0.2, 0.25) is 5.95 Å². The Hall–Kier alpha value is -2.57. The van der Waals surface area contributed by atoms with Crippen LogP contribution in [0, 0.1) is 23.3 Å². The van der Waals surface area contributed by atoms with Gasteiger partial charge in [-0.3, -0.25) is 4.57 Å². The largest absolute Gasteiger partial charge is 0.369 e. The van der Waals surface area contributed by atoms with Crippen LogP contribution in [0.25, 0.3) is 16.7 Å². The molecule has 0 atom stereocenters. The third-order valence-corrected chi connectivity index (χ3v) is 2.90. The predicted octanol–water partition coefficient (Wildman–Crippen LogP) is 3.16. The minimum Gasteiger partial charge on any atom is -0.369 e. The van der Waals surface area contributed by atoms with E-state index in [2.05, 4.69) is 4.98 Å². The Bertz CT molecular complexity index is 826. The molecule has 0 fully saturated rings. The van der Waals surface area contributed by atoms with Crippen molar-refractivity contribution in [3.05, 3.63) is 53.6 Å². The van der Waals surface area contributed by atoms with Crippen LogP contribution in [0.1, 0.15) is 0 Å². The molecular weight excluding hydrogens is 274 g/mol. The van der Waals surface area contributed by atoms with Crippen molar-refractivity contribution in [3.8, 4) is 5.69 Å². The van der Waals surface area contributed by atoms with Gasteiger partial charge in [-0.2, -0.15) is 0 Å². The number of rotatable bonds is 1. The average Bonchev–Trinajstić information content (AvgIpc) is 2.74. The van der Waals surface area contributed by atoms with Crippen LogP contribution in [0.5, 0.6) is 0 Å². The fourth-order valence-electron chi connectivity index (χ4n) is 2.01. The van der Waals surface area contributed by atoms with Crippen LogP contribution in [0.2, 0.25) is 0 Å². The third-order valence-electron chi connectivity index (χ3n) is 2.90. The summed E-state index contributed by atoms with van der Waals surface area (Å²) in [5.74, 6) is -4.57. The number of imidazole rings is 1. The van der Waals surface area contributed by atoms with Gasteiger partial charge in [-0.1, -0.05) is 0 Å². The minimum atomic E-state index is -1.16. The smallest absolute Gasteiger partial charge is 0.206 e. The maximum absolute atomic E-state index is 13.9. The zero-order valence-electron chi connectivity index (χ0n) is 9.87. The Kier molecular flexibility index (Phi) is 2.63. The van der Waals surface area contributed by atoms with Crippen molar-refractivity contribution in [2.24, 2.45) is 0 Å². The molecule has 20 heavy (non-hydrogen) atoms. The van der Waals surface area contributed by atoms with Gasteiger partial charge in [-0.25, -0.2) is 22.5 Å². The number of hydrogen-bond acceptors (Lipinski definition) is 2. The number of aromatic nitrogens is 2. The third kappa shape index (κ3) is 1.70. The highest BCUT2D eigenvalue weighted by atomic mass is 19.2. The molecule has 0 aliphatic carbocycles. The van der Waals surface area contributed by atoms with Gasteiger partial charge in [0.05, 0.1) is 11.2 Å². The zero-order valence-corrected chi connectivity index (χ0v) is 9.87. The van der Waals surface area contributed by atoms with E-state index in [0.29, 0.717) is 0 Å². The number of hydrogen-bond donors (Lipinski definition) is 1. The molecule has 3 aromatic rings. The van der Waals surface area contributed by atoms with Crippen molar-refractivity contribution in [3.63, 3.8) is 0 Å². The Balaban J connectivity index is 2.38. The fourth-order valence-corrected chi connectivity index (χ4v) is 2.01. The molecule has 0 saturated carbocycles. The summed E-state index contributed by atoms with van der Waals surface area (Å²) in [6.45, 7) is 0. The van der Waals surface area contributed by atoms with E-state index >= 15 is 0 Å². The van der Waals surface area contributed by atoms with Crippen molar-refractivity contribution in [1.82, 2.24) is 9.55 Å². The quantitative estimate of drug-likeness (QED) is 0.696. The molecule has 3 rings (SSSR count). The van der Waals surface area contributed by atoms with Crippen LogP contribution in [-0.2, 0) is 0 Å². The molecule has 1 heterocycles. The lowest BCUT2D eigenvalue weighted by molar-refractivity contribution is 0.507. The van der Waals surface area contributed by atoms with Crippen LogP contribution in [0.4, 0.5) is 23.5 Å². The SMILES string of the molecule is Nc1nc2ccc(F)c(F)c2n1-c1ccc(F)c(F)c1. The number of fused-ring (bicyclic) bond motifs is 1. The zero-order chi connectivity index (χ0) is 14.4. The molecule has 0 bridgehead atoms. The van der Waals surface area contributed by atoms with Crippen molar-refractivity contribution >= 4 is 17.0 Å². The summed E-state index contributed by atoms with van der Waals surface area (Å²) in [7, 11) is 0. The number of nitrogens with zero attached hydrogens (tertiary/aromatic N) is 2. The maximum Gasteiger partial charge on any atom is 0.206 e. The molecule has 0 amide bonds. The van der Waals surface area contributed by atoms with Crippen molar-refractivity contribution in [2.45, 2.75) is 0 Å². The lowest BCUT2D eigenvalue weighted by Crippen LogP contribution is -2.03. The Morgan fingerprint density at radius 2 is 1.60 bits per heavy atom. The van der Waals surface area contributed by atoms with E-state index in [0.717, 1.165) is 22.8 Å². The molecular formula is C13H7F4N3. The Morgan fingerprint density at radius 1 is 0.900 bits per heavy atom. The van der Waals surface area contributed by atoms with Crippen LogP contribution in [-0.4, -0.2) is 9.55 Å². The average molecular weight is 281 g/mol. The molecule has 102 valence electrons. The van der Waals surface area contributed by atoms with Crippen molar-refractivity contribution < 1.29 is 17.6 Å². The standard InChI is InChI=1S/C13H7F4N3/c14-7-2-1-6(5-9(7)16)20-12-10(19-13(20)18)4-3-8(15)11(12)17/h1-5H,(H2,18,19). The van der Waals surface area contributed by atoms with E-state index in [1.54, 1.807) is 0 Å². The van der Waals surface area contributed by atoms with Crippen LogP contribution in [0.3, 0.4) is 0 Å². The fraction of sp³-hybridized carbons (Fsp3) is 0. The van der Waals surface area contributed by atoms with Gasteiger partial charge in [-0.15, -0.1) is 0 Å². The molecule has 2 aromatic carbocycles. The molecule has 0 radical (unpaired) electrons. The molecule has 0 saturated heterocycles. The number of nitrogens with two attached hydrogens (primary N) is 1. The van der Waals surface area contributed by atoms with E-state index in [1.165, 1.54) is 12.1 Å². The van der Waals surface area contributed by atoms with Gasteiger partial charge < -0.3 is 5.73 Å². The molecule has 0 aliphatic rings. The number of nitrogen functional groups attached to an aromatic ring is 1. The molecule has 7 heteroatoms. The molecule has 0 unspecified atom stereocenters. The number of benzene rings is 2. The monoisotopic (exact) mass is 281 g/mol. The van der Waals surface area contributed by atoms with Crippen molar-refractivity contribution in [2.75, 3.05) is 5.73 Å². The minimum absolute atomic E-state index is 0.0494. The summed E-state index contributed by atoms with van der Waals surface area (Å²) in [4.78, 5) is 3.86. The van der Waals surface area contributed by atoms with Gasteiger partial charge in [0.15, 0.2) is 23.3 Å². The highest BCUT2D eigenvalue weighted by Crippen LogP contribution is 2.27. The Labute approximate surface area is 110 Å². The van der Waals surface area contributed by atoms with E-state index in [-0.39, 0.29) is 22.7 Å². The summed E-state index contributed by atoms with van der Waals surface area (Å²) < 4.78 is 54.4. The highest BCUT2D eigenvalue weighted by Gasteiger charge is 2.18. The summed E-state index contributed by atoms with van der Waals surface area (Å²) in [5.41, 5.74) is 5.58. The first kappa shape index (κ1) is 12.5. The Morgan fingerprint density at radius 3 is 2.30 bits per heavy atom. The van der Waals surface area contributed by atoms with Gasteiger partial charge in [-0.05, 0) is 24.3 Å². The number of halogens is 4. The molecule has 1 aromatic heterocycles. The van der Waals surface area contributed by atoms with Crippen molar-refractivity contribution in [1.29, 1.82) is 0 Å². The second-order valence-corrected chi connectivity index (χ2v) is 4.13. The first-order chi connectivity index (χ1) is 9.49. The maximum atomic E-state index is 13.9. The van der Waals surface area contributed by atoms with Crippen LogP contribution < -0.4 is 5.73 Å². The first-order valence-electron chi connectivity index (χ1n) is 5.56. The summed E-state index contributed by atoms with van der Waals surface area (Å²) in [6.07, 6.45) is 0. The van der Waals surface area contributed by atoms with E-state index in [4.69, 9.17) is 5.73 Å². The first-order valence-corrected chi connectivity index (χ1v) is 5.56. The highest BCUT2D eigenvalue weighted by molar-refractivity contribution is 5.81. The second kappa shape index (κ2) is 4.22. The normalized spacial score (nSPS) is 11.2. The van der Waals surface area contributed by atoms with Crippen LogP contribution in [0.15, 0.2) is 30.3 Å². The van der Waals surface area contributed by atoms with Gasteiger partial charge >= 0.3 is 0 Å². The second-order valence-electron chi connectivity index (χ2n) is 4.13. The molecule has 0 aliphatic heterocycles. The molecule has 0 spiro atoms. The molecule has 2 N–H and O–H groups in total. The summed E-state index contributed by atoms with van der Waals surface area (Å²) in [6, 6.07) is 5.06. The van der Waals surface area contributed by atoms with Gasteiger partial charge in [0, 0.05) is 6.07 Å². The van der Waals surface area contributed by atoms with E-state index < -0.39 is 23.3 Å².